The van der Waals surface area contributed by atoms with Crippen molar-refractivity contribution < 1.29 is 5.11 Å². The summed E-state index contributed by atoms with van der Waals surface area (Å²) in [7, 11) is 0. The van der Waals surface area contributed by atoms with Crippen LogP contribution in [-0.4, -0.2) is 23.8 Å². The molecule has 0 heterocycles. The fourth-order valence-corrected chi connectivity index (χ4v) is 3.47. The molecular weight excluding hydrogens is 186 g/mol. The first-order valence-electron chi connectivity index (χ1n) is 6.57. The highest BCUT2D eigenvalue weighted by Crippen LogP contribution is 2.44. The van der Waals surface area contributed by atoms with E-state index in [2.05, 4.69) is 19.2 Å². The number of aliphatic hydroxyl groups excluding tert-OH is 1. The molecule has 0 aromatic rings. The van der Waals surface area contributed by atoms with Gasteiger partial charge in [0.2, 0.25) is 0 Å². The fourth-order valence-electron chi connectivity index (χ4n) is 3.47. The lowest BCUT2D eigenvalue weighted by atomic mass is 9.92. The van der Waals surface area contributed by atoms with Gasteiger partial charge in [-0.25, -0.2) is 0 Å². The van der Waals surface area contributed by atoms with Gasteiger partial charge in [-0.3, -0.25) is 0 Å². The topological polar surface area (TPSA) is 32.3 Å². The Morgan fingerprint density at radius 2 is 2.07 bits per heavy atom. The molecule has 0 saturated heterocycles. The van der Waals surface area contributed by atoms with Gasteiger partial charge in [-0.1, -0.05) is 20.3 Å². The maximum atomic E-state index is 9.05. The Hall–Kier alpha value is -0.0800. The molecule has 2 heteroatoms. The molecular formula is C13H25NO. The second kappa shape index (κ2) is 4.84. The molecule has 4 unspecified atom stereocenters. The molecule has 4 atom stereocenters. The van der Waals surface area contributed by atoms with Crippen molar-refractivity contribution in [3.05, 3.63) is 0 Å². The number of rotatable bonds is 5. The third kappa shape index (κ3) is 2.54. The highest BCUT2D eigenvalue weighted by atomic mass is 16.3. The van der Waals surface area contributed by atoms with Crippen molar-refractivity contribution in [1.29, 1.82) is 0 Å². The molecule has 0 spiro atoms. The summed E-state index contributed by atoms with van der Waals surface area (Å²) in [4.78, 5) is 0. The Morgan fingerprint density at radius 1 is 1.27 bits per heavy atom. The van der Waals surface area contributed by atoms with E-state index in [0.717, 1.165) is 24.3 Å². The third-order valence-corrected chi connectivity index (χ3v) is 4.41. The quantitative estimate of drug-likeness (QED) is 0.730. The Bertz CT molecular complexity index is 205. The SMILES string of the molecule is CC(C)C(CCO)NC1CC2CCC1C2. The molecule has 2 fully saturated rings. The minimum absolute atomic E-state index is 0.316. The van der Waals surface area contributed by atoms with Crippen molar-refractivity contribution in [3.8, 4) is 0 Å². The van der Waals surface area contributed by atoms with E-state index in [1.807, 2.05) is 0 Å². The molecule has 15 heavy (non-hydrogen) atoms. The molecule has 0 aromatic carbocycles. The molecule has 2 aliphatic rings. The third-order valence-electron chi connectivity index (χ3n) is 4.41. The van der Waals surface area contributed by atoms with E-state index < -0.39 is 0 Å². The predicted octanol–water partition coefficient (Wildman–Crippen LogP) is 2.17. The van der Waals surface area contributed by atoms with Gasteiger partial charge in [-0.2, -0.15) is 0 Å². The van der Waals surface area contributed by atoms with E-state index in [-0.39, 0.29) is 0 Å². The van der Waals surface area contributed by atoms with Crippen LogP contribution in [0.3, 0.4) is 0 Å². The van der Waals surface area contributed by atoms with E-state index >= 15 is 0 Å². The smallest absolute Gasteiger partial charge is 0.0445 e. The molecule has 0 amide bonds. The molecule has 2 N–H and O–H groups in total. The van der Waals surface area contributed by atoms with Gasteiger partial charge >= 0.3 is 0 Å². The van der Waals surface area contributed by atoms with Crippen molar-refractivity contribution in [2.45, 2.75) is 58.0 Å². The molecule has 88 valence electrons. The van der Waals surface area contributed by atoms with Crippen LogP contribution in [0.2, 0.25) is 0 Å². The van der Waals surface area contributed by atoms with Crippen molar-refractivity contribution in [2.75, 3.05) is 6.61 Å². The van der Waals surface area contributed by atoms with Gasteiger partial charge in [0.05, 0.1) is 0 Å². The van der Waals surface area contributed by atoms with Crippen LogP contribution >= 0.6 is 0 Å². The van der Waals surface area contributed by atoms with E-state index in [0.29, 0.717) is 18.6 Å². The van der Waals surface area contributed by atoms with E-state index in [9.17, 15) is 0 Å². The fraction of sp³-hybridized carbons (Fsp3) is 1.00. The monoisotopic (exact) mass is 211 g/mol. The van der Waals surface area contributed by atoms with E-state index in [4.69, 9.17) is 5.11 Å². The first kappa shape index (κ1) is 11.4. The average Bonchev–Trinajstić information content (AvgIpc) is 2.78. The minimum atomic E-state index is 0.316. The summed E-state index contributed by atoms with van der Waals surface area (Å²) in [6, 6.07) is 1.27. The number of nitrogens with one attached hydrogen (secondary N) is 1. The Kier molecular flexibility index (Phi) is 3.68. The normalized spacial score (nSPS) is 36.4. The zero-order chi connectivity index (χ0) is 10.8. The standard InChI is InChI=1S/C13H25NO/c1-9(2)12(5-6-15)14-13-8-10-3-4-11(13)7-10/h9-15H,3-8H2,1-2H3. The van der Waals surface area contributed by atoms with Crippen LogP contribution in [0.5, 0.6) is 0 Å². The van der Waals surface area contributed by atoms with Crippen LogP contribution in [0.25, 0.3) is 0 Å². The van der Waals surface area contributed by atoms with Gasteiger partial charge in [0, 0.05) is 18.7 Å². The van der Waals surface area contributed by atoms with Crippen molar-refractivity contribution >= 4 is 0 Å². The summed E-state index contributed by atoms with van der Waals surface area (Å²) in [5, 5.41) is 12.8. The summed E-state index contributed by atoms with van der Waals surface area (Å²) in [6.45, 7) is 4.82. The van der Waals surface area contributed by atoms with Gasteiger partial charge in [0.25, 0.3) is 0 Å². The van der Waals surface area contributed by atoms with Crippen LogP contribution in [-0.2, 0) is 0 Å². The number of fused-ring (bicyclic) bond motifs is 2. The van der Waals surface area contributed by atoms with Gasteiger partial charge in [-0.15, -0.1) is 0 Å². The molecule has 2 bridgehead atoms. The molecule has 2 nitrogen and oxygen atoms in total. The zero-order valence-electron chi connectivity index (χ0n) is 10.1. The molecule has 2 saturated carbocycles. The van der Waals surface area contributed by atoms with E-state index in [1.54, 1.807) is 0 Å². The number of hydrogen-bond acceptors (Lipinski definition) is 2. The second-order valence-corrected chi connectivity index (χ2v) is 5.81. The molecule has 2 rings (SSSR count). The summed E-state index contributed by atoms with van der Waals surface area (Å²) in [6.07, 6.45) is 6.66. The number of hydrogen-bond donors (Lipinski definition) is 2. The van der Waals surface area contributed by atoms with Crippen molar-refractivity contribution in [2.24, 2.45) is 17.8 Å². The van der Waals surface area contributed by atoms with Crippen LogP contribution in [0.1, 0.15) is 46.0 Å². The molecule has 0 aliphatic heterocycles. The largest absolute Gasteiger partial charge is 0.396 e. The average molecular weight is 211 g/mol. The molecule has 2 aliphatic carbocycles. The Balaban J connectivity index is 1.84. The maximum absolute atomic E-state index is 9.05. The minimum Gasteiger partial charge on any atom is -0.396 e. The Morgan fingerprint density at radius 3 is 2.53 bits per heavy atom. The lowest BCUT2D eigenvalue weighted by molar-refractivity contribution is 0.218. The lowest BCUT2D eigenvalue weighted by Gasteiger charge is -2.30. The molecule has 0 radical (unpaired) electrons. The first-order valence-corrected chi connectivity index (χ1v) is 6.57. The van der Waals surface area contributed by atoms with Gasteiger partial charge < -0.3 is 10.4 Å². The van der Waals surface area contributed by atoms with Gasteiger partial charge in [-0.05, 0) is 43.4 Å². The predicted molar refractivity (Wildman–Crippen MR) is 62.7 cm³/mol. The lowest BCUT2D eigenvalue weighted by Crippen LogP contribution is -2.44. The maximum Gasteiger partial charge on any atom is 0.0445 e. The van der Waals surface area contributed by atoms with Gasteiger partial charge in [0.15, 0.2) is 0 Å². The van der Waals surface area contributed by atoms with Crippen molar-refractivity contribution in [3.63, 3.8) is 0 Å². The highest BCUT2D eigenvalue weighted by molar-refractivity contribution is 4.95. The first-order chi connectivity index (χ1) is 7.20. The van der Waals surface area contributed by atoms with Crippen LogP contribution in [0, 0.1) is 17.8 Å². The zero-order valence-corrected chi connectivity index (χ0v) is 10.1. The summed E-state index contributed by atoms with van der Waals surface area (Å²) in [5.41, 5.74) is 0. The summed E-state index contributed by atoms with van der Waals surface area (Å²) in [5.74, 6) is 2.58. The van der Waals surface area contributed by atoms with Crippen LogP contribution < -0.4 is 5.32 Å². The highest BCUT2D eigenvalue weighted by Gasteiger charge is 2.40. The number of aliphatic hydroxyl groups is 1. The summed E-state index contributed by atoms with van der Waals surface area (Å²) >= 11 is 0. The van der Waals surface area contributed by atoms with Crippen LogP contribution in [0.4, 0.5) is 0 Å². The van der Waals surface area contributed by atoms with Crippen LogP contribution in [0.15, 0.2) is 0 Å². The van der Waals surface area contributed by atoms with Gasteiger partial charge in [0.1, 0.15) is 0 Å². The van der Waals surface area contributed by atoms with Crippen molar-refractivity contribution in [1.82, 2.24) is 5.32 Å². The van der Waals surface area contributed by atoms with E-state index in [1.165, 1.54) is 25.7 Å². The summed E-state index contributed by atoms with van der Waals surface area (Å²) < 4.78 is 0. The second-order valence-electron chi connectivity index (χ2n) is 5.81. The molecule has 0 aromatic heterocycles. The Labute approximate surface area is 93.5 Å².